The Hall–Kier alpha value is -4.86. The van der Waals surface area contributed by atoms with E-state index in [0.29, 0.717) is 38.3 Å². The van der Waals surface area contributed by atoms with Crippen molar-refractivity contribution in [3.63, 3.8) is 0 Å². The van der Waals surface area contributed by atoms with Gasteiger partial charge in [-0.15, -0.1) is 0 Å². The summed E-state index contributed by atoms with van der Waals surface area (Å²) < 4.78 is 10.7. The molecule has 3 aromatic carbocycles. The number of esters is 1. The topological polar surface area (TPSA) is 192 Å². The molecule has 0 aliphatic carbocycles. The first kappa shape index (κ1) is 50.8. The average molecular weight is 911 g/mol. The Morgan fingerprint density at radius 3 is 1.79 bits per heavy atom. The fraction of sp³-hybridized carbons (Fsp3) is 0.489. The summed E-state index contributed by atoms with van der Waals surface area (Å²) in [6.45, 7) is 10.1. The Labute approximate surface area is 380 Å². The van der Waals surface area contributed by atoms with E-state index in [1.807, 2.05) is 69.0 Å². The van der Waals surface area contributed by atoms with Crippen molar-refractivity contribution in [1.29, 1.82) is 0 Å². The van der Waals surface area contributed by atoms with Crippen molar-refractivity contribution in [2.24, 2.45) is 11.8 Å². The number of aliphatic hydroxyl groups is 1. The fourth-order valence-electron chi connectivity index (χ4n) is 7.13. The number of nitrogens with zero attached hydrogens (tertiary/aromatic N) is 1. The first-order chi connectivity index (χ1) is 29.9. The van der Waals surface area contributed by atoms with Crippen LogP contribution in [-0.2, 0) is 46.3 Å². The zero-order chi connectivity index (χ0) is 46.1. The first-order valence-corrected chi connectivity index (χ1v) is 22.1. The lowest BCUT2D eigenvalue weighted by Gasteiger charge is -2.30. The van der Waals surface area contributed by atoms with E-state index >= 15 is 0 Å². The first-order valence-electron chi connectivity index (χ1n) is 21.4. The zero-order valence-electron chi connectivity index (χ0n) is 36.7. The van der Waals surface area contributed by atoms with Crippen LogP contribution < -0.4 is 21.3 Å². The summed E-state index contributed by atoms with van der Waals surface area (Å²) >= 11 is 12.3. The number of aryl methyl sites for hydroxylation is 1. The summed E-state index contributed by atoms with van der Waals surface area (Å²) in [7, 11) is 0. The highest BCUT2D eigenvalue weighted by molar-refractivity contribution is 6.39. The standard InChI is InChI=1S/C47H61Cl2N5O9/c1-30(2)25-37(42(56)47(5,61)29-63-46(60)41-34(48)17-12-18-35(41)49)51-45(59)39(27-33-15-10-7-11-16-33)53-44(58)38(26-31(3)4)52-43(57)36(20-19-32-13-8-6-9-14-32)50-40(55)28-54-21-23-62-24-22-54/h6-18,30-31,36-39,61H,19-29H2,1-5H3,(H,50,55)(H,51,59)(H,52,57)(H,53,58)/t36-,37-,38-,39-,47+/m0/s1. The van der Waals surface area contributed by atoms with Gasteiger partial charge in [0.05, 0.1) is 41.4 Å². The molecule has 63 heavy (non-hydrogen) atoms. The minimum Gasteiger partial charge on any atom is -0.458 e. The van der Waals surface area contributed by atoms with Gasteiger partial charge in [-0.2, -0.15) is 0 Å². The molecule has 16 heteroatoms. The molecule has 1 aliphatic rings. The number of Topliss-reactive ketones (excluding diaryl/α,β-unsaturated/α-hetero) is 1. The normalized spacial score (nSPS) is 15.9. The van der Waals surface area contributed by atoms with E-state index in [-0.39, 0.29) is 65.6 Å². The predicted octanol–water partition coefficient (Wildman–Crippen LogP) is 4.71. The second-order valence-electron chi connectivity index (χ2n) is 17.0. The summed E-state index contributed by atoms with van der Waals surface area (Å²) in [6, 6.07) is 18.4. The average Bonchev–Trinajstić information content (AvgIpc) is 3.24. The van der Waals surface area contributed by atoms with Crippen molar-refractivity contribution in [1.82, 2.24) is 26.2 Å². The summed E-state index contributed by atoms with van der Waals surface area (Å²) in [4.78, 5) is 84.8. The second kappa shape index (κ2) is 24.8. The zero-order valence-corrected chi connectivity index (χ0v) is 38.2. The SMILES string of the molecule is CC(C)C[C@H](NC(=O)[C@H](CCc1ccccc1)NC(=O)CN1CCOCC1)C(=O)N[C@@H](Cc1ccccc1)C(=O)N[C@@H](CC(C)C)C(=O)[C@](C)(O)COC(=O)c1c(Cl)cccc1Cl. The van der Waals surface area contributed by atoms with Crippen molar-refractivity contribution in [3.05, 3.63) is 106 Å². The number of halogens is 2. The van der Waals surface area contributed by atoms with E-state index in [0.717, 1.165) is 5.56 Å². The summed E-state index contributed by atoms with van der Waals surface area (Å²) in [5, 5.41) is 22.8. The van der Waals surface area contributed by atoms with Crippen LogP contribution in [0.1, 0.15) is 75.4 Å². The van der Waals surface area contributed by atoms with Gasteiger partial charge < -0.3 is 35.8 Å². The number of carbonyl (C=O) groups excluding carboxylic acids is 6. The van der Waals surface area contributed by atoms with Crippen molar-refractivity contribution in [3.8, 4) is 0 Å². The number of morpholine rings is 1. The van der Waals surface area contributed by atoms with E-state index in [9.17, 15) is 33.9 Å². The number of carbonyl (C=O) groups is 6. The van der Waals surface area contributed by atoms with E-state index in [4.69, 9.17) is 32.7 Å². The Morgan fingerprint density at radius 2 is 1.21 bits per heavy atom. The molecule has 0 saturated carbocycles. The van der Waals surface area contributed by atoms with Gasteiger partial charge in [0.25, 0.3) is 0 Å². The van der Waals surface area contributed by atoms with Crippen LogP contribution in [0, 0.1) is 11.8 Å². The fourth-order valence-corrected chi connectivity index (χ4v) is 7.68. The van der Waals surface area contributed by atoms with Crippen molar-refractivity contribution in [2.75, 3.05) is 39.5 Å². The highest BCUT2D eigenvalue weighted by atomic mass is 35.5. The number of nitrogens with one attached hydrogen (secondary N) is 4. The predicted molar refractivity (Wildman–Crippen MR) is 241 cm³/mol. The van der Waals surface area contributed by atoms with E-state index in [2.05, 4.69) is 21.3 Å². The molecule has 5 N–H and O–H groups in total. The van der Waals surface area contributed by atoms with Crippen molar-refractivity contribution >= 4 is 58.6 Å². The molecule has 4 rings (SSSR count). The number of rotatable bonds is 23. The third kappa shape index (κ3) is 16.7. The molecular formula is C47H61Cl2N5O9. The molecule has 14 nitrogen and oxygen atoms in total. The maximum atomic E-state index is 14.3. The van der Waals surface area contributed by atoms with Gasteiger partial charge in [0.2, 0.25) is 23.6 Å². The van der Waals surface area contributed by atoms with Gasteiger partial charge in [-0.25, -0.2) is 4.79 Å². The molecule has 0 spiro atoms. The number of ether oxygens (including phenoxy) is 2. The molecule has 5 atom stereocenters. The van der Waals surface area contributed by atoms with Gasteiger partial charge in [-0.1, -0.05) is 118 Å². The lowest BCUT2D eigenvalue weighted by Crippen LogP contribution is -2.60. The van der Waals surface area contributed by atoms with E-state index < -0.39 is 65.8 Å². The Bertz CT molecular complexity index is 1970. The highest BCUT2D eigenvalue weighted by Crippen LogP contribution is 2.26. The van der Waals surface area contributed by atoms with Crippen LogP contribution in [0.4, 0.5) is 0 Å². The van der Waals surface area contributed by atoms with Crippen LogP contribution in [0.15, 0.2) is 78.9 Å². The van der Waals surface area contributed by atoms with Crippen LogP contribution in [0.5, 0.6) is 0 Å². The van der Waals surface area contributed by atoms with Gasteiger partial charge in [0.15, 0.2) is 11.4 Å². The number of amides is 4. The summed E-state index contributed by atoms with van der Waals surface area (Å²) in [6.07, 6.45) is 1.08. The van der Waals surface area contributed by atoms with Crippen LogP contribution in [0.2, 0.25) is 10.0 Å². The lowest BCUT2D eigenvalue weighted by molar-refractivity contribution is -0.144. The van der Waals surface area contributed by atoms with Gasteiger partial charge in [-0.05, 0) is 67.7 Å². The van der Waals surface area contributed by atoms with Gasteiger partial charge in [-0.3, -0.25) is 28.9 Å². The lowest BCUT2D eigenvalue weighted by atomic mass is 9.90. The third-order valence-electron chi connectivity index (χ3n) is 10.5. The number of benzene rings is 3. The molecule has 1 saturated heterocycles. The minimum absolute atomic E-state index is 0.0211. The maximum Gasteiger partial charge on any atom is 0.341 e. The highest BCUT2D eigenvalue weighted by Gasteiger charge is 2.40. The Kier molecular flexibility index (Phi) is 20.0. The minimum atomic E-state index is -2.25. The van der Waals surface area contributed by atoms with Crippen molar-refractivity contribution < 1.29 is 43.3 Å². The van der Waals surface area contributed by atoms with E-state index in [1.165, 1.54) is 19.1 Å². The summed E-state index contributed by atoms with van der Waals surface area (Å²) in [5.74, 6) is -4.22. The van der Waals surface area contributed by atoms with Crippen LogP contribution in [0.3, 0.4) is 0 Å². The van der Waals surface area contributed by atoms with Gasteiger partial charge in [0, 0.05) is 19.5 Å². The monoisotopic (exact) mass is 909 g/mol. The molecule has 342 valence electrons. The Balaban J connectivity index is 1.54. The smallest absolute Gasteiger partial charge is 0.341 e. The molecular weight excluding hydrogens is 849 g/mol. The molecule has 4 amide bonds. The number of hydrogen-bond donors (Lipinski definition) is 5. The van der Waals surface area contributed by atoms with Crippen molar-refractivity contribution in [2.45, 2.75) is 96.5 Å². The van der Waals surface area contributed by atoms with Crippen LogP contribution in [0.25, 0.3) is 0 Å². The largest absolute Gasteiger partial charge is 0.458 e. The number of ketones is 1. The van der Waals surface area contributed by atoms with Gasteiger partial charge in [0.1, 0.15) is 24.7 Å². The van der Waals surface area contributed by atoms with E-state index in [1.54, 1.807) is 30.3 Å². The third-order valence-corrected chi connectivity index (χ3v) is 11.1. The van der Waals surface area contributed by atoms with Gasteiger partial charge >= 0.3 is 5.97 Å². The molecule has 1 fully saturated rings. The Morgan fingerprint density at radius 1 is 0.698 bits per heavy atom. The molecule has 0 aromatic heterocycles. The molecule has 0 radical (unpaired) electrons. The molecule has 3 aromatic rings. The molecule has 0 bridgehead atoms. The van der Waals surface area contributed by atoms with Crippen LogP contribution in [-0.4, -0.2) is 115 Å². The summed E-state index contributed by atoms with van der Waals surface area (Å²) in [5.41, 5.74) is -0.702. The molecule has 1 heterocycles. The number of hydrogen-bond acceptors (Lipinski definition) is 10. The molecule has 1 aliphatic heterocycles. The quantitative estimate of drug-likeness (QED) is 0.0834. The van der Waals surface area contributed by atoms with Crippen LogP contribution >= 0.6 is 23.2 Å². The molecule has 0 unspecified atom stereocenters. The second-order valence-corrected chi connectivity index (χ2v) is 17.8. The maximum absolute atomic E-state index is 14.3.